The normalized spacial score (nSPS) is 18.1. The highest BCUT2D eigenvalue weighted by Crippen LogP contribution is 2.40. The van der Waals surface area contributed by atoms with Crippen molar-refractivity contribution in [2.24, 2.45) is 11.7 Å². The summed E-state index contributed by atoms with van der Waals surface area (Å²) in [6, 6.07) is 14.4. The van der Waals surface area contributed by atoms with Crippen LogP contribution in [-0.2, 0) is 16.0 Å². The molecule has 176 valence electrons. The molecular formula is C26H33N3O4. The third-order valence-electron chi connectivity index (χ3n) is 6.18. The molecule has 1 saturated heterocycles. The van der Waals surface area contributed by atoms with E-state index in [0.29, 0.717) is 43.7 Å². The third kappa shape index (κ3) is 5.92. The predicted molar refractivity (Wildman–Crippen MR) is 127 cm³/mol. The average Bonchev–Trinajstić information content (AvgIpc) is 2.83. The van der Waals surface area contributed by atoms with Crippen LogP contribution in [0.15, 0.2) is 48.5 Å². The summed E-state index contributed by atoms with van der Waals surface area (Å²) >= 11 is 0. The molecule has 7 heteroatoms. The summed E-state index contributed by atoms with van der Waals surface area (Å²) in [5.41, 5.74) is 7.60. The van der Waals surface area contributed by atoms with Gasteiger partial charge in [0.15, 0.2) is 0 Å². The lowest BCUT2D eigenvalue weighted by Crippen LogP contribution is -2.48. The fourth-order valence-electron chi connectivity index (χ4n) is 4.46. The van der Waals surface area contributed by atoms with Crippen LogP contribution in [0, 0.1) is 5.92 Å². The van der Waals surface area contributed by atoms with Crippen molar-refractivity contribution in [2.75, 3.05) is 20.2 Å². The maximum Gasteiger partial charge on any atom is 0.248 e. The number of benzene rings is 2. The quantitative estimate of drug-likeness (QED) is 0.579. The average molecular weight is 452 g/mol. The molecule has 33 heavy (non-hydrogen) atoms. The van der Waals surface area contributed by atoms with E-state index in [9.17, 15) is 14.4 Å². The van der Waals surface area contributed by atoms with Gasteiger partial charge in [-0.05, 0) is 43.0 Å². The lowest BCUT2D eigenvalue weighted by Gasteiger charge is -2.41. The molecule has 0 radical (unpaired) electrons. The molecular weight excluding hydrogens is 418 g/mol. The molecule has 1 heterocycles. The van der Waals surface area contributed by atoms with Crippen LogP contribution in [0.1, 0.15) is 60.1 Å². The molecule has 7 nitrogen and oxygen atoms in total. The number of hydrogen-bond donors (Lipinski definition) is 2. The molecule has 2 unspecified atom stereocenters. The Kier molecular flexibility index (Phi) is 8.46. The molecule has 1 aliphatic rings. The Balaban J connectivity index is 1.78. The second-order valence-corrected chi connectivity index (χ2v) is 8.38. The number of carbonyl (C=O) groups excluding carboxylic acids is 3. The Morgan fingerprint density at radius 3 is 2.70 bits per heavy atom. The number of primary amides is 1. The van der Waals surface area contributed by atoms with Crippen molar-refractivity contribution >= 4 is 17.7 Å². The van der Waals surface area contributed by atoms with E-state index < -0.39 is 5.91 Å². The van der Waals surface area contributed by atoms with Gasteiger partial charge in [0.1, 0.15) is 5.75 Å². The number of amides is 3. The second kappa shape index (κ2) is 11.5. The molecule has 3 N–H and O–H groups in total. The van der Waals surface area contributed by atoms with E-state index in [4.69, 9.17) is 10.5 Å². The Labute approximate surface area is 195 Å². The van der Waals surface area contributed by atoms with Crippen LogP contribution in [0.4, 0.5) is 0 Å². The second-order valence-electron chi connectivity index (χ2n) is 8.38. The molecule has 0 aromatic heterocycles. The molecule has 0 bridgehead atoms. The molecule has 1 aliphatic heterocycles. The number of nitrogens with two attached hydrogens (primary N) is 1. The first-order valence-electron chi connectivity index (χ1n) is 11.5. The van der Waals surface area contributed by atoms with Crippen LogP contribution in [0.3, 0.4) is 0 Å². The molecule has 3 rings (SSSR count). The van der Waals surface area contributed by atoms with Gasteiger partial charge in [0.2, 0.25) is 17.7 Å². The van der Waals surface area contributed by atoms with Gasteiger partial charge < -0.3 is 20.7 Å². The minimum Gasteiger partial charge on any atom is -0.496 e. The highest BCUT2D eigenvalue weighted by Gasteiger charge is 2.41. The predicted octanol–water partition coefficient (Wildman–Crippen LogP) is 3.23. The van der Waals surface area contributed by atoms with Gasteiger partial charge in [-0.1, -0.05) is 43.7 Å². The topological polar surface area (TPSA) is 102 Å². The Morgan fingerprint density at radius 2 is 1.97 bits per heavy atom. The Hall–Kier alpha value is -3.35. The number of likely N-dealkylation sites (tertiary alicyclic amines) is 1. The summed E-state index contributed by atoms with van der Waals surface area (Å²) in [6.07, 6.45) is 3.27. The summed E-state index contributed by atoms with van der Waals surface area (Å²) in [5.74, 6) is -0.162. The molecule has 0 aliphatic carbocycles. The maximum atomic E-state index is 13.3. The van der Waals surface area contributed by atoms with Crippen molar-refractivity contribution in [1.29, 1.82) is 0 Å². The zero-order chi connectivity index (χ0) is 23.8. The molecule has 1 fully saturated rings. The van der Waals surface area contributed by atoms with Crippen LogP contribution < -0.4 is 15.8 Å². The number of ether oxygens (including phenoxy) is 1. The standard InChI is InChI=1S/C26H33N3O4/c1-3-4-16-29-23(30)13-12-21(24(29)20-10-5-6-11-22(20)33-2)26(32)28-15-14-18-8-7-9-19(17-18)25(27)31/h5-11,17,21,24H,3-4,12-16H2,1-2H3,(H2,27,31)(H,28,32). The summed E-state index contributed by atoms with van der Waals surface area (Å²) in [5, 5.41) is 3.04. The molecule has 2 aromatic rings. The zero-order valence-corrected chi connectivity index (χ0v) is 19.4. The number of carbonyl (C=O) groups is 3. The van der Waals surface area contributed by atoms with Gasteiger partial charge in [0, 0.05) is 30.6 Å². The monoisotopic (exact) mass is 451 g/mol. The first-order valence-corrected chi connectivity index (χ1v) is 11.5. The van der Waals surface area contributed by atoms with Crippen molar-refractivity contribution in [2.45, 2.75) is 45.1 Å². The van der Waals surface area contributed by atoms with Crippen LogP contribution in [0.5, 0.6) is 5.75 Å². The number of nitrogens with zero attached hydrogens (tertiary/aromatic N) is 1. The Bertz CT molecular complexity index is 991. The fourth-order valence-corrected chi connectivity index (χ4v) is 4.46. The van der Waals surface area contributed by atoms with Gasteiger partial charge in [-0.3, -0.25) is 14.4 Å². The maximum absolute atomic E-state index is 13.3. The van der Waals surface area contributed by atoms with E-state index in [1.807, 2.05) is 35.2 Å². The number of unbranched alkanes of at least 4 members (excludes halogenated alkanes) is 1. The highest BCUT2D eigenvalue weighted by molar-refractivity contribution is 5.92. The van der Waals surface area contributed by atoms with Crippen LogP contribution in [0.2, 0.25) is 0 Å². The summed E-state index contributed by atoms with van der Waals surface area (Å²) in [6.45, 7) is 3.13. The first kappa shape index (κ1) is 24.3. The van der Waals surface area contributed by atoms with Crippen molar-refractivity contribution in [3.8, 4) is 5.75 Å². The number of nitrogens with one attached hydrogen (secondary N) is 1. The molecule has 3 amide bonds. The van der Waals surface area contributed by atoms with Crippen molar-refractivity contribution in [1.82, 2.24) is 10.2 Å². The van der Waals surface area contributed by atoms with Gasteiger partial charge in [-0.25, -0.2) is 0 Å². The van der Waals surface area contributed by atoms with E-state index in [1.54, 1.807) is 25.3 Å². The van der Waals surface area contributed by atoms with E-state index in [-0.39, 0.29) is 23.8 Å². The molecule has 2 aromatic carbocycles. The van der Waals surface area contributed by atoms with Gasteiger partial charge in [0.25, 0.3) is 0 Å². The van der Waals surface area contributed by atoms with E-state index in [0.717, 1.165) is 24.0 Å². The number of methoxy groups -OCH3 is 1. The van der Waals surface area contributed by atoms with Crippen LogP contribution in [0.25, 0.3) is 0 Å². The smallest absolute Gasteiger partial charge is 0.248 e. The fraction of sp³-hybridized carbons (Fsp3) is 0.423. The number of piperidine rings is 1. The van der Waals surface area contributed by atoms with E-state index in [2.05, 4.69) is 12.2 Å². The van der Waals surface area contributed by atoms with Crippen LogP contribution >= 0.6 is 0 Å². The molecule has 0 spiro atoms. The first-order chi connectivity index (χ1) is 16.0. The summed E-state index contributed by atoms with van der Waals surface area (Å²) < 4.78 is 5.58. The van der Waals surface area contributed by atoms with Crippen molar-refractivity contribution in [3.63, 3.8) is 0 Å². The van der Waals surface area contributed by atoms with Crippen molar-refractivity contribution in [3.05, 3.63) is 65.2 Å². The van der Waals surface area contributed by atoms with Gasteiger partial charge in [-0.2, -0.15) is 0 Å². The minimum atomic E-state index is -0.473. The highest BCUT2D eigenvalue weighted by atomic mass is 16.5. The lowest BCUT2D eigenvalue weighted by atomic mass is 9.83. The molecule has 0 saturated carbocycles. The van der Waals surface area contributed by atoms with Crippen molar-refractivity contribution < 1.29 is 19.1 Å². The zero-order valence-electron chi connectivity index (χ0n) is 19.4. The SMILES string of the molecule is CCCCN1C(=O)CCC(C(=O)NCCc2cccc(C(N)=O)c2)C1c1ccccc1OC. The van der Waals surface area contributed by atoms with Crippen LogP contribution in [-0.4, -0.2) is 42.8 Å². The Morgan fingerprint density at radius 1 is 1.18 bits per heavy atom. The molecule has 2 atom stereocenters. The largest absolute Gasteiger partial charge is 0.496 e. The van der Waals surface area contributed by atoms with Gasteiger partial charge in [-0.15, -0.1) is 0 Å². The summed E-state index contributed by atoms with van der Waals surface area (Å²) in [7, 11) is 1.61. The van der Waals surface area contributed by atoms with E-state index in [1.165, 1.54) is 0 Å². The number of rotatable bonds is 10. The van der Waals surface area contributed by atoms with E-state index >= 15 is 0 Å². The number of para-hydroxylation sites is 1. The number of hydrogen-bond acceptors (Lipinski definition) is 4. The minimum absolute atomic E-state index is 0.0756. The van der Waals surface area contributed by atoms with Gasteiger partial charge in [0.05, 0.1) is 19.1 Å². The summed E-state index contributed by atoms with van der Waals surface area (Å²) in [4.78, 5) is 39.4. The lowest BCUT2D eigenvalue weighted by molar-refractivity contribution is -0.143. The third-order valence-corrected chi connectivity index (χ3v) is 6.18. The van der Waals surface area contributed by atoms with Gasteiger partial charge >= 0.3 is 0 Å².